The van der Waals surface area contributed by atoms with Crippen molar-refractivity contribution in [3.8, 4) is 17.0 Å². The Morgan fingerprint density at radius 3 is 2.53 bits per heavy atom. The Bertz CT molecular complexity index is 1320. The summed E-state index contributed by atoms with van der Waals surface area (Å²) in [6.07, 6.45) is 2.80. The molecule has 8 heteroatoms. The minimum absolute atomic E-state index is 0.0905. The predicted molar refractivity (Wildman–Crippen MR) is 143 cm³/mol. The molecule has 1 atom stereocenters. The van der Waals surface area contributed by atoms with Crippen molar-refractivity contribution in [1.29, 1.82) is 0 Å². The van der Waals surface area contributed by atoms with Crippen molar-refractivity contribution in [1.82, 2.24) is 14.7 Å². The van der Waals surface area contributed by atoms with Gasteiger partial charge >= 0.3 is 6.03 Å². The van der Waals surface area contributed by atoms with E-state index in [1.807, 2.05) is 37.4 Å². The summed E-state index contributed by atoms with van der Waals surface area (Å²) in [5, 5.41) is 10.7. The molecule has 184 valence electrons. The maximum absolute atomic E-state index is 12.6. The number of hydrogen-bond acceptors (Lipinski definition) is 4. The van der Waals surface area contributed by atoms with Gasteiger partial charge in [-0.2, -0.15) is 5.10 Å². The van der Waals surface area contributed by atoms with E-state index in [1.54, 1.807) is 35.1 Å². The summed E-state index contributed by atoms with van der Waals surface area (Å²) in [4.78, 5) is 15.0. The van der Waals surface area contributed by atoms with Crippen LogP contribution in [0.1, 0.15) is 12.0 Å². The van der Waals surface area contributed by atoms with Crippen LogP contribution in [0, 0.1) is 0 Å². The van der Waals surface area contributed by atoms with Gasteiger partial charge < -0.3 is 15.4 Å². The molecule has 1 saturated heterocycles. The van der Waals surface area contributed by atoms with E-state index in [1.165, 1.54) is 5.56 Å². The standard InChI is InChI=1S/C28H28ClN5O2/c1-33-26(13-15-30-33)25-17-23(32-28(35)31-22-9-7-21(29)8-10-22)11-12-27(25)36-24-14-16-34(19-24)18-20-5-3-2-4-6-20/h2-13,15,17,24H,14,16,18-19H2,1H3,(H2,31,32,35)/t24-/m1/s1. The second-order valence-electron chi connectivity index (χ2n) is 8.89. The van der Waals surface area contributed by atoms with Gasteiger partial charge in [-0.25, -0.2) is 4.79 Å². The highest BCUT2D eigenvalue weighted by molar-refractivity contribution is 6.30. The van der Waals surface area contributed by atoms with Gasteiger partial charge in [-0.1, -0.05) is 41.9 Å². The van der Waals surface area contributed by atoms with E-state index in [0.717, 1.165) is 43.1 Å². The van der Waals surface area contributed by atoms with E-state index in [2.05, 4.69) is 44.9 Å². The summed E-state index contributed by atoms with van der Waals surface area (Å²) in [5.74, 6) is 0.772. The Hall–Kier alpha value is -3.81. The number of benzene rings is 3. The number of anilines is 2. The normalized spacial score (nSPS) is 15.6. The first-order valence-electron chi connectivity index (χ1n) is 11.9. The third-order valence-electron chi connectivity index (χ3n) is 6.21. The highest BCUT2D eigenvalue weighted by Gasteiger charge is 2.25. The number of ether oxygens (including phenoxy) is 1. The van der Waals surface area contributed by atoms with Crippen molar-refractivity contribution in [2.75, 3.05) is 23.7 Å². The summed E-state index contributed by atoms with van der Waals surface area (Å²) in [7, 11) is 1.89. The number of aryl methyl sites for hydroxylation is 1. The van der Waals surface area contributed by atoms with Crippen LogP contribution in [0.4, 0.5) is 16.2 Å². The number of aromatic nitrogens is 2. The molecule has 0 spiro atoms. The average Bonchev–Trinajstić information content (AvgIpc) is 3.50. The van der Waals surface area contributed by atoms with E-state index in [4.69, 9.17) is 16.3 Å². The number of urea groups is 1. The van der Waals surface area contributed by atoms with Crippen LogP contribution < -0.4 is 15.4 Å². The molecule has 0 saturated carbocycles. The quantitative estimate of drug-likeness (QED) is 0.324. The number of likely N-dealkylation sites (tertiary alicyclic amines) is 1. The van der Waals surface area contributed by atoms with E-state index >= 15 is 0 Å². The predicted octanol–water partition coefficient (Wildman–Crippen LogP) is 6.04. The molecule has 7 nitrogen and oxygen atoms in total. The summed E-state index contributed by atoms with van der Waals surface area (Å²) < 4.78 is 8.30. The molecule has 36 heavy (non-hydrogen) atoms. The maximum Gasteiger partial charge on any atom is 0.323 e. The highest BCUT2D eigenvalue weighted by atomic mass is 35.5. The summed E-state index contributed by atoms with van der Waals surface area (Å²) in [6.45, 7) is 2.77. The summed E-state index contributed by atoms with van der Waals surface area (Å²) in [6, 6.07) is 24.8. The number of nitrogens with one attached hydrogen (secondary N) is 2. The molecule has 1 fully saturated rings. The van der Waals surface area contributed by atoms with Crippen molar-refractivity contribution in [3.63, 3.8) is 0 Å². The fourth-order valence-electron chi connectivity index (χ4n) is 4.43. The lowest BCUT2D eigenvalue weighted by Crippen LogP contribution is -2.24. The van der Waals surface area contributed by atoms with Gasteiger partial charge in [0.05, 0.1) is 5.69 Å². The Labute approximate surface area is 215 Å². The minimum atomic E-state index is -0.339. The van der Waals surface area contributed by atoms with Crippen molar-refractivity contribution in [2.45, 2.75) is 19.1 Å². The molecule has 0 bridgehead atoms. The lowest BCUT2D eigenvalue weighted by Gasteiger charge is -2.19. The van der Waals surface area contributed by atoms with Gasteiger partial charge in [-0.15, -0.1) is 0 Å². The van der Waals surface area contributed by atoms with E-state index < -0.39 is 0 Å². The average molecular weight is 502 g/mol. The van der Waals surface area contributed by atoms with Gasteiger partial charge in [0, 0.05) is 54.8 Å². The molecule has 0 radical (unpaired) electrons. The SMILES string of the molecule is Cn1nccc1-c1cc(NC(=O)Nc2ccc(Cl)cc2)ccc1O[C@@H]1CCN(Cc2ccccc2)C1. The Kier molecular flexibility index (Phi) is 7.21. The Morgan fingerprint density at radius 2 is 1.78 bits per heavy atom. The molecule has 1 aliphatic rings. The number of hydrogen-bond donors (Lipinski definition) is 2. The number of carbonyl (C=O) groups is 1. The third-order valence-corrected chi connectivity index (χ3v) is 6.46. The van der Waals surface area contributed by atoms with Gasteiger partial charge in [0.25, 0.3) is 0 Å². The van der Waals surface area contributed by atoms with Crippen LogP contribution in [0.5, 0.6) is 5.75 Å². The number of amides is 2. The lowest BCUT2D eigenvalue weighted by atomic mass is 10.1. The molecule has 5 rings (SSSR count). The molecule has 0 aliphatic carbocycles. The van der Waals surface area contributed by atoms with E-state index in [0.29, 0.717) is 16.4 Å². The number of nitrogens with zero attached hydrogens (tertiary/aromatic N) is 3. The van der Waals surface area contributed by atoms with Crippen LogP contribution in [-0.4, -0.2) is 39.9 Å². The third kappa shape index (κ3) is 5.87. The molecule has 1 aliphatic heterocycles. The molecule has 1 aromatic heterocycles. The highest BCUT2D eigenvalue weighted by Crippen LogP contribution is 2.34. The van der Waals surface area contributed by atoms with Gasteiger partial charge in [-0.3, -0.25) is 9.58 Å². The van der Waals surface area contributed by atoms with Gasteiger partial charge in [0.1, 0.15) is 11.9 Å². The van der Waals surface area contributed by atoms with Crippen LogP contribution in [0.15, 0.2) is 85.1 Å². The largest absolute Gasteiger partial charge is 0.488 e. The minimum Gasteiger partial charge on any atom is -0.488 e. The van der Waals surface area contributed by atoms with Crippen molar-refractivity contribution in [2.24, 2.45) is 7.05 Å². The maximum atomic E-state index is 12.6. The van der Waals surface area contributed by atoms with Gasteiger partial charge in [0.2, 0.25) is 0 Å². The van der Waals surface area contributed by atoms with Crippen molar-refractivity contribution >= 4 is 29.0 Å². The second kappa shape index (κ2) is 10.8. The summed E-state index contributed by atoms with van der Waals surface area (Å²) >= 11 is 5.93. The molecule has 0 unspecified atom stereocenters. The number of carbonyl (C=O) groups excluding carboxylic acids is 1. The Morgan fingerprint density at radius 1 is 1.03 bits per heavy atom. The van der Waals surface area contributed by atoms with Crippen LogP contribution in [0.2, 0.25) is 5.02 Å². The lowest BCUT2D eigenvalue weighted by molar-refractivity contribution is 0.199. The molecule has 4 aromatic rings. The van der Waals surface area contributed by atoms with Crippen LogP contribution >= 0.6 is 11.6 Å². The van der Waals surface area contributed by atoms with Crippen molar-refractivity contribution < 1.29 is 9.53 Å². The first kappa shape index (κ1) is 23.9. The topological polar surface area (TPSA) is 71.4 Å². The van der Waals surface area contributed by atoms with E-state index in [9.17, 15) is 4.79 Å². The van der Waals surface area contributed by atoms with Gasteiger partial charge in [-0.05, 0) is 60.5 Å². The molecule has 2 amide bonds. The molecule has 3 aromatic carbocycles. The van der Waals surface area contributed by atoms with Gasteiger partial charge in [0.15, 0.2) is 0 Å². The Balaban J connectivity index is 1.29. The smallest absolute Gasteiger partial charge is 0.323 e. The molecular formula is C28H28ClN5O2. The molecular weight excluding hydrogens is 474 g/mol. The zero-order chi connectivity index (χ0) is 24.9. The van der Waals surface area contributed by atoms with E-state index in [-0.39, 0.29) is 12.1 Å². The zero-order valence-electron chi connectivity index (χ0n) is 20.0. The van der Waals surface area contributed by atoms with Crippen LogP contribution in [-0.2, 0) is 13.6 Å². The zero-order valence-corrected chi connectivity index (χ0v) is 20.8. The second-order valence-corrected chi connectivity index (χ2v) is 9.32. The number of rotatable bonds is 7. The monoisotopic (exact) mass is 501 g/mol. The fourth-order valence-corrected chi connectivity index (χ4v) is 4.56. The molecule has 2 N–H and O–H groups in total. The molecule has 2 heterocycles. The van der Waals surface area contributed by atoms with Crippen molar-refractivity contribution in [3.05, 3.63) is 95.6 Å². The first-order chi connectivity index (χ1) is 17.5. The van der Waals surface area contributed by atoms with Crippen LogP contribution in [0.3, 0.4) is 0 Å². The fraction of sp³-hybridized carbons (Fsp3) is 0.214. The first-order valence-corrected chi connectivity index (χ1v) is 12.3. The number of halogens is 1. The van der Waals surface area contributed by atoms with Crippen LogP contribution in [0.25, 0.3) is 11.3 Å². The summed E-state index contributed by atoms with van der Waals surface area (Å²) in [5.41, 5.74) is 4.40.